The third-order valence-electron chi connectivity index (χ3n) is 3.36. The van der Waals surface area contributed by atoms with Crippen molar-refractivity contribution in [2.75, 3.05) is 0 Å². The molecule has 0 aliphatic rings. The molecule has 1 heterocycles. The first kappa shape index (κ1) is 17.7. The molecule has 0 bridgehead atoms. The van der Waals surface area contributed by atoms with Gasteiger partial charge in [0.15, 0.2) is 5.06 Å². The Hall–Kier alpha value is -1.62. The van der Waals surface area contributed by atoms with E-state index >= 15 is 0 Å². The van der Waals surface area contributed by atoms with E-state index in [1.807, 2.05) is 13.0 Å². The third-order valence-corrected chi connectivity index (χ3v) is 5.52. The summed E-state index contributed by atoms with van der Waals surface area (Å²) in [7, 11) is -3.90. The van der Waals surface area contributed by atoms with Crippen LogP contribution in [-0.2, 0) is 15.5 Å². The lowest BCUT2D eigenvalue weighted by Gasteiger charge is -2.16. The third kappa shape index (κ3) is 4.93. The van der Waals surface area contributed by atoms with Gasteiger partial charge in [0.1, 0.15) is 0 Å². The average molecular weight is 354 g/mol. The minimum Gasteiger partial charge on any atom is -0.481 e. The van der Waals surface area contributed by atoms with Gasteiger partial charge in [-0.3, -0.25) is 4.79 Å². The largest absolute Gasteiger partial charge is 0.481 e. The molecule has 2 rings (SSSR count). The molecule has 2 aromatic rings. The van der Waals surface area contributed by atoms with Crippen LogP contribution < -0.4 is 4.52 Å². The van der Waals surface area contributed by atoms with Crippen molar-refractivity contribution in [1.82, 2.24) is 0 Å². The van der Waals surface area contributed by atoms with Gasteiger partial charge < -0.3 is 14.5 Å². The Kier molecular flexibility index (Phi) is 5.99. The number of carboxylic acid groups (broad SMARTS) is 1. The highest BCUT2D eigenvalue weighted by Gasteiger charge is 2.28. The van der Waals surface area contributed by atoms with Crippen LogP contribution in [-0.4, -0.2) is 16.0 Å². The molecule has 0 aliphatic carbocycles. The van der Waals surface area contributed by atoms with E-state index in [1.165, 1.54) is 0 Å². The molecule has 2 N–H and O–H groups in total. The van der Waals surface area contributed by atoms with Gasteiger partial charge in [0.2, 0.25) is 0 Å². The number of hydrogen-bond donors (Lipinski definition) is 2. The molecule has 2 unspecified atom stereocenters. The molecular weight excluding hydrogens is 335 g/mol. The van der Waals surface area contributed by atoms with Gasteiger partial charge in [0, 0.05) is 5.56 Å². The van der Waals surface area contributed by atoms with Gasteiger partial charge in [-0.15, -0.1) is 11.3 Å². The van der Waals surface area contributed by atoms with E-state index in [9.17, 15) is 19.4 Å². The fourth-order valence-electron chi connectivity index (χ4n) is 2.31. The minimum absolute atomic E-state index is 0.114. The highest BCUT2D eigenvalue weighted by Crippen LogP contribution is 2.50. The summed E-state index contributed by atoms with van der Waals surface area (Å²) in [5, 5.41) is 11.2. The van der Waals surface area contributed by atoms with Crippen molar-refractivity contribution in [3.63, 3.8) is 0 Å². The summed E-state index contributed by atoms with van der Waals surface area (Å²) in [6.07, 6.45) is 1.04. The molecular formula is C16H19O5PS. The van der Waals surface area contributed by atoms with Gasteiger partial charge in [-0.25, -0.2) is 4.57 Å². The Labute approximate surface area is 139 Å². The number of rotatable bonds is 8. The normalized spacial score (nSPS) is 14.9. The van der Waals surface area contributed by atoms with Crippen molar-refractivity contribution in [2.45, 2.75) is 31.8 Å². The summed E-state index contributed by atoms with van der Waals surface area (Å²) in [5.74, 6) is -1.68. The predicted octanol–water partition coefficient (Wildman–Crippen LogP) is 4.48. The molecule has 2 atom stereocenters. The second-order valence-electron chi connectivity index (χ2n) is 5.22. The maximum atomic E-state index is 12.3. The van der Waals surface area contributed by atoms with Crippen molar-refractivity contribution >= 4 is 24.9 Å². The van der Waals surface area contributed by atoms with Crippen LogP contribution in [0.3, 0.4) is 0 Å². The van der Waals surface area contributed by atoms with Crippen molar-refractivity contribution < 1.29 is 23.9 Å². The second-order valence-corrected chi connectivity index (χ2v) is 7.87. The first-order valence-electron chi connectivity index (χ1n) is 7.28. The molecule has 1 aromatic carbocycles. The van der Waals surface area contributed by atoms with E-state index in [4.69, 9.17) is 4.52 Å². The van der Waals surface area contributed by atoms with Gasteiger partial charge in [-0.2, -0.15) is 0 Å². The zero-order valence-electron chi connectivity index (χ0n) is 12.7. The van der Waals surface area contributed by atoms with Crippen LogP contribution in [0.5, 0.6) is 5.06 Å². The molecule has 0 radical (unpaired) electrons. The van der Waals surface area contributed by atoms with Gasteiger partial charge in [0.05, 0.1) is 12.1 Å². The van der Waals surface area contributed by atoms with Crippen molar-refractivity contribution in [1.29, 1.82) is 0 Å². The van der Waals surface area contributed by atoms with Crippen molar-refractivity contribution in [3.05, 3.63) is 52.9 Å². The standard InChI is InChI=1S/C16H19O5PS/c1-2-6-13(15(17)18)14-9-10-23-16(14)21-22(19,20)11-12-7-4-3-5-8-12/h3-5,7-10,13H,2,6,11H2,1H3,(H,17,18)(H,19,20). The number of benzene rings is 1. The number of carboxylic acids is 1. The van der Waals surface area contributed by atoms with E-state index in [-0.39, 0.29) is 11.2 Å². The Balaban J connectivity index is 2.18. The molecule has 124 valence electrons. The van der Waals surface area contributed by atoms with E-state index < -0.39 is 19.5 Å². The lowest BCUT2D eigenvalue weighted by Crippen LogP contribution is -2.11. The number of thiophene rings is 1. The molecule has 0 amide bonds. The summed E-state index contributed by atoms with van der Waals surface area (Å²) in [5.41, 5.74) is 1.16. The zero-order chi connectivity index (χ0) is 16.9. The minimum atomic E-state index is -3.90. The summed E-state index contributed by atoms with van der Waals surface area (Å²) < 4.78 is 17.7. The van der Waals surface area contributed by atoms with Crippen LogP contribution in [0.25, 0.3) is 0 Å². The summed E-state index contributed by atoms with van der Waals surface area (Å²) in [6.45, 7) is 1.90. The van der Waals surface area contributed by atoms with E-state index in [0.29, 0.717) is 24.0 Å². The molecule has 23 heavy (non-hydrogen) atoms. The molecule has 0 aliphatic heterocycles. The van der Waals surface area contributed by atoms with Crippen LogP contribution >= 0.6 is 18.9 Å². The highest BCUT2D eigenvalue weighted by molar-refractivity contribution is 7.52. The summed E-state index contributed by atoms with van der Waals surface area (Å²) in [4.78, 5) is 21.5. The van der Waals surface area contributed by atoms with E-state index in [0.717, 1.165) is 11.3 Å². The molecule has 1 aromatic heterocycles. The molecule has 0 spiro atoms. The van der Waals surface area contributed by atoms with Crippen molar-refractivity contribution in [2.24, 2.45) is 0 Å². The first-order valence-corrected chi connectivity index (χ1v) is 9.92. The number of aliphatic carboxylic acids is 1. The SMILES string of the molecule is CCCC(C(=O)O)c1ccsc1OP(=O)(O)Cc1ccccc1. The van der Waals surface area contributed by atoms with Crippen LogP contribution in [0.4, 0.5) is 0 Å². The van der Waals surface area contributed by atoms with Crippen LogP contribution in [0.1, 0.15) is 36.8 Å². The first-order chi connectivity index (χ1) is 10.9. The Morgan fingerprint density at radius 3 is 2.61 bits per heavy atom. The molecule has 0 saturated heterocycles. The Morgan fingerprint density at radius 1 is 1.30 bits per heavy atom. The molecule has 5 nitrogen and oxygen atoms in total. The predicted molar refractivity (Wildman–Crippen MR) is 90.2 cm³/mol. The van der Waals surface area contributed by atoms with E-state index in [2.05, 4.69) is 0 Å². The second kappa shape index (κ2) is 7.77. The number of carbonyl (C=O) groups is 1. The Morgan fingerprint density at radius 2 is 2.00 bits per heavy atom. The van der Waals surface area contributed by atoms with Crippen molar-refractivity contribution in [3.8, 4) is 5.06 Å². The smallest absolute Gasteiger partial charge is 0.381 e. The fourth-order valence-corrected chi connectivity index (χ4v) is 4.62. The Bertz CT molecular complexity index is 698. The molecule has 0 saturated carbocycles. The monoisotopic (exact) mass is 354 g/mol. The number of hydrogen-bond acceptors (Lipinski definition) is 4. The van der Waals surface area contributed by atoms with Gasteiger partial charge >= 0.3 is 13.6 Å². The van der Waals surface area contributed by atoms with Crippen LogP contribution in [0.15, 0.2) is 41.8 Å². The molecule has 0 fully saturated rings. The van der Waals surface area contributed by atoms with Crippen LogP contribution in [0, 0.1) is 0 Å². The quantitative estimate of drug-likeness (QED) is 0.683. The lowest BCUT2D eigenvalue weighted by molar-refractivity contribution is -0.139. The summed E-state index contributed by atoms with van der Waals surface area (Å²) >= 11 is 1.14. The molecule has 7 heteroatoms. The van der Waals surface area contributed by atoms with E-state index in [1.54, 1.807) is 35.7 Å². The zero-order valence-corrected chi connectivity index (χ0v) is 14.4. The van der Waals surface area contributed by atoms with Gasteiger partial charge in [0.25, 0.3) is 0 Å². The maximum absolute atomic E-state index is 12.3. The fraction of sp³-hybridized carbons (Fsp3) is 0.312. The van der Waals surface area contributed by atoms with Gasteiger partial charge in [-0.1, -0.05) is 43.7 Å². The van der Waals surface area contributed by atoms with Crippen LogP contribution in [0.2, 0.25) is 0 Å². The summed E-state index contributed by atoms with van der Waals surface area (Å²) in [6, 6.07) is 10.5. The van der Waals surface area contributed by atoms with Gasteiger partial charge in [-0.05, 0) is 23.4 Å². The lowest BCUT2D eigenvalue weighted by atomic mass is 9.97. The topological polar surface area (TPSA) is 83.8 Å². The maximum Gasteiger partial charge on any atom is 0.381 e. The average Bonchev–Trinajstić information content (AvgIpc) is 2.91. The highest BCUT2D eigenvalue weighted by atomic mass is 32.1.